The number of pyridine rings is 1. The molecule has 0 atom stereocenters. The van der Waals surface area contributed by atoms with E-state index in [1.165, 1.54) is 6.07 Å². The van der Waals surface area contributed by atoms with Crippen LogP contribution in [0.5, 0.6) is 0 Å². The molecule has 2 N–H and O–H groups in total. The highest BCUT2D eigenvalue weighted by Gasteiger charge is 2.52. The number of carboxylic acid groups (broad SMARTS) is 1. The summed E-state index contributed by atoms with van der Waals surface area (Å²) >= 11 is 0. The lowest BCUT2D eigenvalue weighted by Crippen LogP contribution is -2.56. The Kier molecular flexibility index (Phi) is 3.91. The molecule has 1 heterocycles. The lowest BCUT2D eigenvalue weighted by Gasteiger charge is -2.51. The van der Waals surface area contributed by atoms with Crippen molar-refractivity contribution in [3.8, 4) is 0 Å². The molecule has 4 rings (SSSR count). The summed E-state index contributed by atoms with van der Waals surface area (Å²) in [5.74, 6) is -3.62. The lowest BCUT2D eigenvalue weighted by molar-refractivity contribution is -0.156. The Labute approximate surface area is 134 Å². The van der Waals surface area contributed by atoms with Gasteiger partial charge in [-0.15, -0.1) is 0 Å². The van der Waals surface area contributed by atoms with Gasteiger partial charge < -0.3 is 10.4 Å². The zero-order valence-electron chi connectivity index (χ0n) is 13.2. The van der Waals surface area contributed by atoms with E-state index in [9.17, 15) is 18.7 Å². The number of nitrogens with zero attached hydrogens (tertiary/aromatic N) is 1. The smallest absolute Gasteiger partial charge is 0.309 e. The van der Waals surface area contributed by atoms with Gasteiger partial charge in [0.15, 0.2) is 0 Å². The number of aromatic nitrogens is 1. The fourth-order valence-corrected chi connectivity index (χ4v) is 3.87. The minimum Gasteiger partial charge on any atom is -0.481 e. The Bertz CT molecular complexity index is 588. The van der Waals surface area contributed by atoms with E-state index in [0.29, 0.717) is 31.5 Å². The summed E-state index contributed by atoms with van der Waals surface area (Å²) in [6.07, 6.45) is 4.54. The minimum atomic E-state index is -2.94. The molecule has 23 heavy (non-hydrogen) atoms. The molecule has 3 aliphatic carbocycles. The maximum atomic E-state index is 13.4. The Morgan fingerprint density at radius 1 is 1.26 bits per heavy atom. The first-order valence-electron chi connectivity index (χ1n) is 8.08. The monoisotopic (exact) mass is 324 g/mol. The number of hydrogen-bond acceptors (Lipinski definition) is 3. The van der Waals surface area contributed by atoms with Crippen LogP contribution in [0.25, 0.3) is 0 Å². The largest absolute Gasteiger partial charge is 0.481 e. The van der Waals surface area contributed by atoms with Gasteiger partial charge in [-0.1, -0.05) is 6.07 Å². The molecule has 0 spiro atoms. The predicted octanol–water partition coefficient (Wildman–Crippen LogP) is 3.46. The number of rotatable bonds is 5. The average molecular weight is 324 g/mol. The van der Waals surface area contributed by atoms with Gasteiger partial charge in [-0.25, -0.2) is 0 Å². The number of halogens is 2. The zero-order valence-corrected chi connectivity index (χ0v) is 13.2. The number of nitrogens with one attached hydrogen (secondary N) is 1. The van der Waals surface area contributed by atoms with E-state index in [4.69, 9.17) is 0 Å². The number of carbonyl (C=O) groups is 1. The predicted molar refractivity (Wildman–Crippen MR) is 81.1 cm³/mol. The lowest BCUT2D eigenvalue weighted by atomic mass is 9.57. The van der Waals surface area contributed by atoms with E-state index in [0.717, 1.165) is 26.2 Å². The Balaban J connectivity index is 1.65. The molecule has 0 aliphatic heterocycles. The third-order valence-corrected chi connectivity index (χ3v) is 5.60. The fourth-order valence-electron chi connectivity index (χ4n) is 3.87. The number of carboxylic acids is 1. The van der Waals surface area contributed by atoms with Crippen molar-refractivity contribution in [2.45, 2.75) is 63.5 Å². The van der Waals surface area contributed by atoms with E-state index < -0.39 is 17.3 Å². The zero-order chi connectivity index (χ0) is 16.7. The molecular weight excluding hydrogens is 302 g/mol. The summed E-state index contributed by atoms with van der Waals surface area (Å²) in [6.45, 7) is 1.28. The Hall–Kier alpha value is -1.56. The van der Waals surface area contributed by atoms with Gasteiger partial charge in [-0.05, 0) is 50.7 Å². The number of fused-ring (bicyclic) bond motifs is 3. The standard InChI is InChI=1S/C17H22F2N2O2/c1-15(18,19)13-4-2-3-12(21-13)11-20-17-8-5-16(6-9-17,7-10-17)14(22)23/h2-4,20H,5-11H2,1H3,(H,22,23). The highest BCUT2D eigenvalue weighted by atomic mass is 19.3. The first kappa shape index (κ1) is 16.3. The van der Waals surface area contributed by atoms with E-state index in [1.807, 2.05) is 0 Å². The Morgan fingerprint density at radius 2 is 1.87 bits per heavy atom. The molecule has 3 aliphatic rings. The van der Waals surface area contributed by atoms with Crippen molar-refractivity contribution in [1.29, 1.82) is 0 Å². The van der Waals surface area contributed by atoms with Crippen LogP contribution in [0.1, 0.15) is 56.8 Å². The van der Waals surface area contributed by atoms with Crippen molar-refractivity contribution in [1.82, 2.24) is 10.3 Å². The van der Waals surface area contributed by atoms with Gasteiger partial charge in [0.1, 0.15) is 5.69 Å². The fraction of sp³-hybridized carbons (Fsp3) is 0.647. The van der Waals surface area contributed by atoms with Crippen LogP contribution in [0.2, 0.25) is 0 Å². The molecule has 1 aromatic heterocycles. The van der Waals surface area contributed by atoms with Crippen molar-refractivity contribution in [3.05, 3.63) is 29.6 Å². The van der Waals surface area contributed by atoms with Crippen LogP contribution in [0.4, 0.5) is 8.78 Å². The highest BCUT2D eigenvalue weighted by Crippen LogP contribution is 2.52. The molecule has 0 amide bonds. The SMILES string of the molecule is CC(F)(F)c1cccc(CNC23CCC(C(=O)O)(CC2)CC3)n1. The van der Waals surface area contributed by atoms with Gasteiger partial charge in [-0.2, -0.15) is 8.78 Å². The molecule has 4 nitrogen and oxygen atoms in total. The van der Waals surface area contributed by atoms with Gasteiger partial charge in [0.25, 0.3) is 5.92 Å². The normalized spacial score (nSPS) is 30.4. The number of alkyl halides is 2. The number of aliphatic carboxylic acids is 1. The third-order valence-electron chi connectivity index (χ3n) is 5.60. The quantitative estimate of drug-likeness (QED) is 0.871. The third kappa shape index (κ3) is 3.09. The summed E-state index contributed by atoms with van der Waals surface area (Å²) in [6, 6.07) is 4.68. The van der Waals surface area contributed by atoms with Crippen LogP contribution in [-0.2, 0) is 17.3 Å². The first-order chi connectivity index (χ1) is 10.7. The van der Waals surface area contributed by atoms with E-state index in [-0.39, 0.29) is 11.2 Å². The van der Waals surface area contributed by atoms with Crippen LogP contribution in [0.15, 0.2) is 18.2 Å². The molecule has 0 saturated heterocycles. The minimum absolute atomic E-state index is 0.0659. The maximum absolute atomic E-state index is 13.4. The second kappa shape index (κ2) is 5.51. The van der Waals surface area contributed by atoms with Gasteiger partial charge in [0, 0.05) is 19.0 Å². The molecule has 6 heteroatoms. The van der Waals surface area contributed by atoms with E-state index in [2.05, 4.69) is 10.3 Å². The van der Waals surface area contributed by atoms with Crippen molar-refractivity contribution >= 4 is 5.97 Å². The van der Waals surface area contributed by atoms with Gasteiger partial charge in [0.05, 0.1) is 11.1 Å². The van der Waals surface area contributed by atoms with Gasteiger partial charge >= 0.3 is 5.97 Å². The van der Waals surface area contributed by atoms with Crippen molar-refractivity contribution in [3.63, 3.8) is 0 Å². The van der Waals surface area contributed by atoms with Crippen LogP contribution in [-0.4, -0.2) is 21.6 Å². The second-order valence-electron chi connectivity index (χ2n) is 7.12. The average Bonchev–Trinajstić information content (AvgIpc) is 2.54. The van der Waals surface area contributed by atoms with Crippen molar-refractivity contribution < 1.29 is 18.7 Å². The molecule has 0 radical (unpaired) electrons. The van der Waals surface area contributed by atoms with Gasteiger partial charge in [-0.3, -0.25) is 9.78 Å². The van der Waals surface area contributed by atoms with Crippen molar-refractivity contribution in [2.75, 3.05) is 0 Å². The van der Waals surface area contributed by atoms with Crippen molar-refractivity contribution in [2.24, 2.45) is 5.41 Å². The summed E-state index contributed by atoms with van der Waals surface area (Å²) in [5, 5.41) is 12.9. The molecule has 126 valence electrons. The molecule has 0 unspecified atom stereocenters. The topological polar surface area (TPSA) is 62.2 Å². The van der Waals surface area contributed by atoms with Crippen LogP contribution in [0, 0.1) is 5.41 Å². The number of hydrogen-bond donors (Lipinski definition) is 2. The van der Waals surface area contributed by atoms with Crippen LogP contribution >= 0.6 is 0 Å². The van der Waals surface area contributed by atoms with E-state index >= 15 is 0 Å². The summed E-state index contributed by atoms with van der Waals surface area (Å²) in [5.41, 5.74) is -0.222. The summed E-state index contributed by atoms with van der Waals surface area (Å²) < 4.78 is 26.7. The maximum Gasteiger partial charge on any atom is 0.309 e. The Morgan fingerprint density at radius 3 is 2.39 bits per heavy atom. The summed E-state index contributed by atoms with van der Waals surface area (Å²) in [4.78, 5) is 15.5. The van der Waals surface area contributed by atoms with Crippen LogP contribution < -0.4 is 5.32 Å². The molecule has 1 aromatic rings. The molecule has 3 fully saturated rings. The molecule has 2 bridgehead atoms. The molecule has 3 saturated carbocycles. The second-order valence-corrected chi connectivity index (χ2v) is 7.12. The van der Waals surface area contributed by atoms with Crippen LogP contribution in [0.3, 0.4) is 0 Å². The molecule has 0 aromatic carbocycles. The summed E-state index contributed by atoms with van der Waals surface area (Å²) in [7, 11) is 0. The first-order valence-corrected chi connectivity index (χ1v) is 8.08. The molecular formula is C17H22F2N2O2. The highest BCUT2D eigenvalue weighted by molar-refractivity contribution is 5.75. The van der Waals surface area contributed by atoms with E-state index in [1.54, 1.807) is 12.1 Å². The van der Waals surface area contributed by atoms with Gasteiger partial charge in [0.2, 0.25) is 0 Å².